The van der Waals surface area contributed by atoms with E-state index in [1.807, 2.05) is 0 Å². The summed E-state index contributed by atoms with van der Waals surface area (Å²) >= 11 is 0. The second-order valence-corrected chi connectivity index (χ2v) is 7.40. The molecule has 2 saturated heterocycles. The Morgan fingerprint density at radius 1 is 1.16 bits per heavy atom. The van der Waals surface area contributed by atoms with Gasteiger partial charge in [0.25, 0.3) is 11.8 Å². The molecule has 0 saturated carbocycles. The summed E-state index contributed by atoms with van der Waals surface area (Å²) in [6.07, 6.45) is 4.33. The van der Waals surface area contributed by atoms with Crippen molar-refractivity contribution in [2.75, 3.05) is 44.7 Å². The van der Waals surface area contributed by atoms with Gasteiger partial charge in [-0.2, -0.15) is 0 Å². The minimum absolute atomic E-state index is 0.0506. The third kappa shape index (κ3) is 4.52. The van der Waals surface area contributed by atoms with Crippen LogP contribution in [0.2, 0.25) is 0 Å². The zero-order chi connectivity index (χ0) is 21.8. The van der Waals surface area contributed by atoms with Crippen LogP contribution < -0.4 is 14.4 Å². The number of nitrogens with zero attached hydrogens (tertiary/aromatic N) is 5. The highest BCUT2D eigenvalue weighted by molar-refractivity contribution is 5.96. The van der Waals surface area contributed by atoms with E-state index >= 15 is 0 Å². The fraction of sp³-hybridized carbons (Fsp3) is 0.429. The minimum atomic E-state index is -0.459. The van der Waals surface area contributed by atoms with Gasteiger partial charge in [0.1, 0.15) is 18.5 Å². The second-order valence-electron chi connectivity index (χ2n) is 7.40. The lowest BCUT2D eigenvalue weighted by Gasteiger charge is -2.33. The molecular formula is C21H24FN5O4. The molecule has 164 valence electrons. The third-order valence-electron chi connectivity index (χ3n) is 5.40. The molecule has 2 fully saturated rings. The van der Waals surface area contributed by atoms with Crippen LogP contribution in [0.4, 0.5) is 14.9 Å². The lowest BCUT2D eigenvalue weighted by Crippen LogP contribution is -2.48. The van der Waals surface area contributed by atoms with Crippen molar-refractivity contribution in [2.24, 2.45) is 0 Å². The van der Waals surface area contributed by atoms with Gasteiger partial charge in [0.15, 0.2) is 0 Å². The predicted octanol–water partition coefficient (Wildman–Crippen LogP) is 1.94. The standard InChI is InChI=1S/C21H24FN5O4/c1-30-19-20(24-9-8-23-19)31-15-5-4-10-25(13-15)18(28)14-26-11-12-27(21(26)29)17-7-3-2-6-16(17)22/h2-3,6-9,15H,4-5,10-14H2,1H3. The number of hydrogen-bond donors (Lipinski definition) is 0. The van der Waals surface area contributed by atoms with Crippen LogP contribution in [0, 0.1) is 5.82 Å². The van der Waals surface area contributed by atoms with Gasteiger partial charge in [0.05, 0.1) is 19.3 Å². The average Bonchev–Trinajstić information content (AvgIpc) is 3.14. The summed E-state index contributed by atoms with van der Waals surface area (Å²) < 4.78 is 25.1. The highest BCUT2D eigenvalue weighted by Crippen LogP contribution is 2.25. The molecule has 0 N–H and O–H groups in total. The SMILES string of the molecule is COc1nccnc1OC1CCCN(C(=O)CN2CCN(c3ccccc3F)C2=O)C1. The molecule has 0 radical (unpaired) electrons. The molecule has 2 aromatic rings. The second kappa shape index (κ2) is 9.15. The predicted molar refractivity (Wildman–Crippen MR) is 110 cm³/mol. The zero-order valence-electron chi connectivity index (χ0n) is 17.2. The van der Waals surface area contributed by atoms with E-state index in [0.29, 0.717) is 37.9 Å². The first-order valence-electron chi connectivity index (χ1n) is 10.2. The first kappa shape index (κ1) is 20.8. The number of urea groups is 1. The van der Waals surface area contributed by atoms with Crippen LogP contribution in [0.25, 0.3) is 0 Å². The molecule has 1 unspecified atom stereocenters. The highest BCUT2D eigenvalue weighted by Gasteiger charge is 2.34. The van der Waals surface area contributed by atoms with Crippen molar-refractivity contribution >= 4 is 17.6 Å². The Labute approximate surface area is 179 Å². The summed E-state index contributed by atoms with van der Waals surface area (Å²) in [6, 6.07) is 5.76. The van der Waals surface area contributed by atoms with E-state index in [4.69, 9.17) is 9.47 Å². The maximum atomic E-state index is 14.1. The van der Waals surface area contributed by atoms with E-state index in [-0.39, 0.29) is 30.3 Å². The summed E-state index contributed by atoms with van der Waals surface area (Å²) in [4.78, 5) is 38.3. The fourth-order valence-corrected chi connectivity index (χ4v) is 3.84. The normalized spacial score (nSPS) is 19.0. The molecule has 0 spiro atoms. The van der Waals surface area contributed by atoms with Gasteiger partial charge in [-0.25, -0.2) is 19.2 Å². The van der Waals surface area contributed by atoms with Crippen molar-refractivity contribution in [1.82, 2.24) is 19.8 Å². The maximum Gasteiger partial charge on any atom is 0.325 e. The number of rotatable bonds is 6. The van der Waals surface area contributed by atoms with Crippen LogP contribution in [-0.4, -0.2) is 77.6 Å². The zero-order valence-corrected chi connectivity index (χ0v) is 17.2. The number of piperidine rings is 1. The molecule has 4 rings (SSSR count). The third-order valence-corrected chi connectivity index (χ3v) is 5.40. The fourth-order valence-electron chi connectivity index (χ4n) is 3.84. The van der Waals surface area contributed by atoms with E-state index in [2.05, 4.69) is 9.97 Å². The van der Waals surface area contributed by atoms with E-state index in [0.717, 1.165) is 12.8 Å². The summed E-state index contributed by atoms with van der Waals surface area (Å²) in [5.41, 5.74) is 0.229. The van der Waals surface area contributed by atoms with Gasteiger partial charge >= 0.3 is 6.03 Å². The maximum absolute atomic E-state index is 14.1. The number of amides is 3. The molecule has 2 aliphatic rings. The van der Waals surface area contributed by atoms with Crippen LogP contribution in [-0.2, 0) is 4.79 Å². The molecule has 0 bridgehead atoms. The first-order chi connectivity index (χ1) is 15.1. The van der Waals surface area contributed by atoms with Crippen molar-refractivity contribution in [3.63, 3.8) is 0 Å². The number of benzene rings is 1. The van der Waals surface area contributed by atoms with Crippen LogP contribution in [0.1, 0.15) is 12.8 Å². The largest absolute Gasteiger partial charge is 0.477 e. The van der Waals surface area contributed by atoms with Crippen molar-refractivity contribution in [2.45, 2.75) is 18.9 Å². The van der Waals surface area contributed by atoms with Gasteiger partial charge in [-0.3, -0.25) is 9.69 Å². The Balaban J connectivity index is 1.35. The Morgan fingerprint density at radius 3 is 2.71 bits per heavy atom. The number of hydrogen-bond acceptors (Lipinski definition) is 6. The molecule has 2 aliphatic heterocycles. The van der Waals surface area contributed by atoms with E-state index in [1.165, 1.54) is 35.4 Å². The Morgan fingerprint density at radius 2 is 1.94 bits per heavy atom. The number of para-hydroxylation sites is 1. The van der Waals surface area contributed by atoms with E-state index in [1.54, 1.807) is 23.1 Å². The topological polar surface area (TPSA) is 88.1 Å². The molecule has 9 nitrogen and oxygen atoms in total. The van der Waals surface area contributed by atoms with E-state index < -0.39 is 5.82 Å². The molecule has 0 aliphatic carbocycles. The van der Waals surface area contributed by atoms with Gasteiger partial charge in [-0.15, -0.1) is 0 Å². The van der Waals surface area contributed by atoms with E-state index in [9.17, 15) is 14.0 Å². The number of carbonyl (C=O) groups is 2. The lowest BCUT2D eigenvalue weighted by molar-refractivity contribution is -0.134. The van der Waals surface area contributed by atoms with Crippen molar-refractivity contribution in [3.8, 4) is 11.8 Å². The van der Waals surface area contributed by atoms with Crippen molar-refractivity contribution in [1.29, 1.82) is 0 Å². The Hall–Kier alpha value is -3.43. The van der Waals surface area contributed by atoms with Gasteiger partial charge in [-0.05, 0) is 25.0 Å². The number of carbonyl (C=O) groups excluding carboxylic acids is 2. The Kier molecular flexibility index (Phi) is 6.15. The van der Waals surface area contributed by atoms with Crippen molar-refractivity contribution < 1.29 is 23.5 Å². The molecule has 10 heteroatoms. The summed E-state index contributed by atoms with van der Waals surface area (Å²) in [7, 11) is 1.49. The lowest BCUT2D eigenvalue weighted by atomic mass is 10.1. The van der Waals surface area contributed by atoms with Crippen LogP contribution in [0.15, 0.2) is 36.7 Å². The van der Waals surface area contributed by atoms with Crippen LogP contribution in [0.3, 0.4) is 0 Å². The van der Waals surface area contributed by atoms with Gasteiger partial charge in [0.2, 0.25) is 5.91 Å². The highest BCUT2D eigenvalue weighted by atomic mass is 19.1. The average molecular weight is 429 g/mol. The van der Waals surface area contributed by atoms with Gasteiger partial charge < -0.3 is 19.3 Å². The van der Waals surface area contributed by atoms with Crippen LogP contribution >= 0.6 is 0 Å². The number of aromatic nitrogens is 2. The first-order valence-corrected chi connectivity index (χ1v) is 10.2. The molecule has 1 aromatic carbocycles. The number of likely N-dealkylation sites (tertiary alicyclic amines) is 1. The Bertz CT molecular complexity index is 959. The molecular weight excluding hydrogens is 405 g/mol. The summed E-state index contributed by atoms with van der Waals surface area (Å²) in [6.45, 7) is 1.63. The number of anilines is 1. The minimum Gasteiger partial charge on any atom is -0.477 e. The molecule has 3 amide bonds. The van der Waals surface area contributed by atoms with Crippen molar-refractivity contribution in [3.05, 3.63) is 42.5 Å². The molecule has 1 aromatic heterocycles. The monoisotopic (exact) mass is 429 g/mol. The van der Waals surface area contributed by atoms with Crippen LogP contribution in [0.5, 0.6) is 11.8 Å². The number of ether oxygens (including phenoxy) is 2. The molecule has 3 heterocycles. The van der Waals surface area contributed by atoms with Gasteiger partial charge in [0, 0.05) is 32.0 Å². The smallest absolute Gasteiger partial charge is 0.325 e. The van der Waals surface area contributed by atoms with Gasteiger partial charge in [-0.1, -0.05) is 12.1 Å². The number of methoxy groups -OCH3 is 1. The molecule has 31 heavy (non-hydrogen) atoms. The molecule has 1 atom stereocenters. The summed E-state index contributed by atoms with van der Waals surface area (Å²) in [5, 5.41) is 0. The number of halogens is 1. The summed E-state index contributed by atoms with van der Waals surface area (Å²) in [5.74, 6) is -0.0379. The quantitative estimate of drug-likeness (QED) is 0.697.